The number of halogens is 1. The number of amides is 2. The van der Waals surface area contributed by atoms with Gasteiger partial charge in [0.2, 0.25) is 0 Å². The highest BCUT2D eigenvalue weighted by molar-refractivity contribution is 9.10. The summed E-state index contributed by atoms with van der Waals surface area (Å²) in [7, 11) is 0. The van der Waals surface area contributed by atoms with Crippen LogP contribution in [-0.4, -0.2) is 18.4 Å². The molecule has 5 heteroatoms. The molecule has 0 bridgehead atoms. The Balaban J connectivity index is 1.72. The van der Waals surface area contributed by atoms with Crippen molar-refractivity contribution in [1.29, 1.82) is 0 Å². The van der Waals surface area contributed by atoms with Crippen molar-refractivity contribution < 1.29 is 9.59 Å². The molecule has 3 aromatic carbocycles. The molecule has 4 nitrogen and oxygen atoms in total. The molecular weight excluding hydrogens is 428 g/mol. The van der Waals surface area contributed by atoms with E-state index < -0.39 is 0 Å². The Morgan fingerprint density at radius 2 is 1.45 bits per heavy atom. The summed E-state index contributed by atoms with van der Waals surface area (Å²) in [5, 5.41) is 5.63. The summed E-state index contributed by atoms with van der Waals surface area (Å²) in [5.41, 5.74) is 2.65. The Labute approximate surface area is 178 Å². The molecule has 29 heavy (non-hydrogen) atoms. The lowest BCUT2D eigenvalue weighted by molar-refractivity contribution is -0.117. The fourth-order valence-corrected chi connectivity index (χ4v) is 2.99. The lowest BCUT2D eigenvalue weighted by atomic mass is 10.1. The van der Waals surface area contributed by atoms with Crippen LogP contribution in [0.5, 0.6) is 0 Å². The normalized spacial score (nSPS) is 11.0. The van der Waals surface area contributed by atoms with E-state index in [1.54, 1.807) is 30.3 Å². The van der Waals surface area contributed by atoms with Crippen molar-refractivity contribution in [2.24, 2.45) is 0 Å². The van der Waals surface area contributed by atoms with Crippen LogP contribution in [0.2, 0.25) is 0 Å². The molecule has 0 spiro atoms. The standard InChI is InChI=1S/C24H21BrN2O2/c25-21-13-11-20(12-14-21)23(28)27-22(17-19-9-5-2-6-10-19)24(29)26-16-15-18-7-3-1-4-8-18/h1-14,17H,15-16H2,(H,26,29)(H,27,28). The van der Waals surface area contributed by atoms with Gasteiger partial charge in [0.25, 0.3) is 11.8 Å². The van der Waals surface area contributed by atoms with Gasteiger partial charge in [0.1, 0.15) is 5.70 Å². The first-order chi connectivity index (χ1) is 14.1. The van der Waals surface area contributed by atoms with Gasteiger partial charge in [-0.05, 0) is 47.9 Å². The smallest absolute Gasteiger partial charge is 0.267 e. The fourth-order valence-electron chi connectivity index (χ4n) is 2.73. The summed E-state index contributed by atoms with van der Waals surface area (Å²) >= 11 is 3.35. The molecule has 0 unspecified atom stereocenters. The Morgan fingerprint density at radius 1 is 0.828 bits per heavy atom. The van der Waals surface area contributed by atoms with Gasteiger partial charge in [-0.3, -0.25) is 9.59 Å². The average molecular weight is 449 g/mol. The second-order valence-electron chi connectivity index (χ2n) is 6.42. The summed E-state index contributed by atoms with van der Waals surface area (Å²) in [6.45, 7) is 0.475. The summed E-state index contributed by atoms with van der Waals surface area (Å²) in [4.78, 5) is 25.4. The van der Waals surface area contributed by atoms with Crippen molar-refractivity contribution in [1.82, 2.24) is 10.6 Å². The van der Waals surface area contributed by atoms with E-state index in [0.29, 0.717) is 18.5 Å². The molecular formula is C24H21BrN2O2. The monoisotopic (exact) mass is 448 g/mol. The first-order valence-electron chi connectivity index (χ1n) is 9.27. The van der Waals surface area contributed by atoms with E-state index in [1.165, 1.54) is 0 Å². The molecule has 0 aromatic heterocycles. The molecule has 2 amide bonds. The lowest BCUT2D eigenvalue weighted by Crippen LogP contribution is -2.35. The number of carbonyl (C=O) groups is 2. The zero-order chi connectivity index (χ0) is 20.5. The number of nitrogens with one attached hydrogen (secondary N) is 2. The molecule has 0 aliphatic rings. The molecule has 146 valence electrons. The van der Waals surface area contributed by atoms with E-state index in [0.717, 1.165) is 15.6 Å². The van der Waals surface area contributed by atoms with Crippen LogP contribution in [-0.2, 0) is 11.2 Å². The minimum atomic E-state index is -0.335. The van der Waals surface area contributed by atoms with E-state index in [1.807, 2.05) is 60.7 Å². The van der Waals surface area contributed by atoms with Gasteiger partial charge in [0, 0.05) is 16.6 Å². The van der Waals surface area contributed by atoms with Crippen LogP contribution >= 0.6 is 15.9 Å². The zero-order valence-electron chi connectivity index (χ0n) is 15.8. The quantitative estimate of drug-likeness (QED) is 0.519. The molecule has 0 radical (unpaired) electrons. The third-order valence-corrected chi connectivity index (χ3v) is 4.78. The van der Waals surface area contributed by atoms with Gasteiger partial charge in [0.15, 0.2) is 0 Å². The summed E-state index contributed by atoms with van der Waals surface area (Å²) in [6.07, 6.45) is 2.39. The van der Waals surface area contributed by atoms with Crippen LogP contribution in [0.1, 0.15) is 21.5 Å². The third-order valence-electron chi connectivity index (χ3n) is 4.25. The first-order valence-corrected chi connectivity index (χ1v) is 10.1. The van der Waals surface area contributed by atoms with E-state index in [-0.39, 0.29) is 17.5 Å². The molecule has 2 N–H and O–H groups in total. The minimum absolute atomic E-state index is 0.206. The predicted molar refractivity (Wildman–Crippen MR) is 119 cm³/mol. The maximum absolute atomic E-state index is 12.8. The maximum Gasteiger partial charge on any atom is 0.267 e. The highest BCUT2D eigenvalue weighted by Crippen LogP contribution is 2.12. The topological polar surface area (TPSA) is 58.2 Å². The van der Waals surface area contributed by atoms with Crippen LogP contribution in [0.4, 0.5) is 0 Å². The number of hydrogen-bond acceptors (Lipinski definition) is 2. The predicted octanol–water partition coefficient (Wildman–Crippen LogP) is 4.58. The number of hydrogen-bond donors (Lipinski definition) is 2. The van der Waals surface area contributed by atoms with Crippen LogP contribution in [0.25, 0.3) is 6.08 Å². The number of benzene rings is 3. The van der Waals surface area contributed by atoms with Gasteiger partial charge in [-0.15, -0.1) is 0 Å². The van der Waals surface area contributed by atoms with Crippen molar-refractivity contribution in [2.45, 2.75) is 6.42 Å². The molecule has 0 saturated carbocycles. The van der Waals surface area contributed by atoms with Crippen LogP contribution < -0.4 is 10.6 Å². The Bertz CT molecular complexity index is 984. The molecule has 0 aliphatic heterocycles. The van der Waals surface area contributed by atoms with E-state index >= 15 is 0 Å². The molecule has 3 aromatic rings. The van der Waals surface area contributed by atoms with Gasteiger partial charge >= 0.3 is 0 Å². The van der Waals surface area contributed by atoms with Gasteiger partial charge in [-0.1, -0.05) is 76.6 Å². The Hall–Kier alpha value is -3.18. The average Bonchev–Trinajstić information content (AvgIpc) is 2.75. The van der Waals surface area contributed by atoms with Gasteiger partial charge in [0.05, 0.1) is 0 Å². The SMILES string of the molecule is O=C(NCCc1ccccc1)C(=Cc1ccccc1)NC(=O)c1ccc(Br)cc1. The minimum Gasteiger partial charge on any atom is -0.350 e. The highest BCUT2D eigenvalue weighted by Gasteiger charge is 2.14. The lowest BCUT2D eigenvalue weighted by Gasteiger charge is -2.11. The van der Waals surface area contributed by atoms with Gasteiger partial charge in [-0.25, -0.2) is 0 Å². The molecule has 0 atom stereocenters. The van der Waals surface area contributed by atoms with Crippen LogP contribution in [0.3, 0.4) is 0 Å². The summed E-state index contributed by atoms with van der Waals surface area (Å²) in [5.74, 6) is -0.659. The molecule has 0 aliphatic carbocycles. The first kappa shape index (κ1) is 20.6. The Morgan fingerprint density at radius 3 is 2.10 bits per heavy atom. The van der Waals surface area contributed by atoms with Crippen LogP contribution in [0, 0.1) is 0 Å². The van der Waals surface area contributed by atoms with Crippen molar-refractivity contribution in [2.75, 3.05) is 6.54 Å². The number of carbonyl (C=O) groups excluding carboxylic acids is 2. The van der Waals surface area contributed by atoms with E-state index in [4.69, 9.17) is 0 Å². The van der Waals surface area contributed by atoms with Gasteiger partial charge in [-0.2, -0.15) is 0 Å². The molecule has 0 saturated heterocycles. The van der Waals surface area contributed by atoms with E-state index in [9.17, 15) is 9.59 Å². The highest BCUT2D eigenvalue weighted by atomic mass is 79.9. The maximum atomic E-state index is 12.8. The van der Waals surface area contributed by atoms with Crippen LogP contribution in [0.15, 0.2) is 95.1 Å². The largest absolute Gasteiger partial charge is 0.350 e. The zero-order valence-corrected chi connectivity index (χ0v) is 17.4. The summed E-state index contributed by atoms with van der Waals surface area (Å²) < 4.78 is 0.882. The fraction of sp³-hybridized carbons (Fsp3) is 0.0833. The van der Waals surface area contributed by atoms with Gasteiger partial charge < -0.3 is 10.6 Å². The van der Waals surface area contributed by atoms with Crippen molar-refractivity contribution in [3.63, 3.8) is 0 Å². The third kappa shape index (κ3) is 6.43. The van der Waals surface area contributed by atoms with Crippen molar-refractivity contribution in [3.05, 3.63) is 112 Å². The molecule has 3 rings (SSSR count). The Kier molecular flexibility index (Phi) is 7.36. The van der Waals surface area contributed by atoms with E-state index in [2.05, 4.69) is 26.6 Å². The number of rotatable bonds is 7. The summed E-state index contributed by atoms with van der Waals surface area (Å²) in [6, 6.07) is 26.3. The molecule has 0 heterocycles. The van der Waals surface area contributed by atoms with Crippen molar-refractivity contribution >= 4 is 33.8 Å². The second kappa shape index (κ2) is 10.4. The molecule has 0 fully saturated rings. The second-order valence-corrected chi connectivity index (χ2v) is 7.34. The van der Waals surface area contributed by atoms with Crippen molar-refractivity contribution in [3.8, 4) is 0 Å².